The largest absolute Gasteiger partial charge is 0.495 e. The molecule has 0 radical (unpaired) electrons. The summed E-state index contributed by atoms with van der Waals surface area (Å²) in [7, 11) is 2.98. The molecule has 28 heavy (non-hydrogen) atoms. The normalized spacial score (nSPS) is 13.1. The van der Waals surface area contributed by atoms with Gasteiger partial charge in [0, 0.05) is 30.5 Å². The number of Topliss-reactive ketones (excluding diaryl/α,β-unsaturated/α-hetero) is 1. The van der Waals surface area contributed by atoms with Crippen LogP contribution in [0.25, 0.3) is 0 Å². The molecule has 0 aliphatic heterocycles. The van der Waals surface area contributed by atoms with Gasteiger partial charge >= 0.3 is 0 Å². The molecule has 1 aromatic carbocycles. The van der Waals surface area contributed by atoms with Gasteiger partial charge in [-0.05, 0) is 31.5 Å². The Hall–Kier alpha value is -2.80. The molecule has 1 aromatic heterocycles. The highest BCUT2D eigenvalue weighted by atomic mass is 35.5. The van der Waals surface area contributed by atoms with E-state index in [4.69, 9.17) is 20.8 Å². The molecule has 1 N–H and O–H groups in total. The number of nitrogens with one attached hydrogen (secondary N) is 1. The molecular formula is C20H21ClN2O5. The van der Waals surface area contributed by atoms with E-state index in [9.17, 15) is 14.4 Å². The highest BCUT2D eigenvalue weighted by Gasteiger charge is 2.30. The smallest absolute Gasteiger partial charge is 0.290 e. The summed E-state index contributed by atoms with van der Waals surface area (Å²) < 4.78 is 10.9. The van der Waals surface area contributed by atoms with E-state index in [-0.39, 0.29) is 18.1 Å². The van der Waals surface area contributed by atoms with E-state index in [1.54, 1.807) is 25.1 Å². The van der Waals surface area contributed by atoms with Gasteiger partial charge in [-0.15, -0.1) is 0 Å². The Morgan fingerprint density at radius 3 is 2.75 bits per heavy atom. The lowest BCUT2D eigenvalue weighted by atomic mass is 9.94. The highest BCUT2D eigenvalue weighted by molar-refractivity contribution is 6.31. The molecule has 3 rings (SSSR count). The van der Waals surface area contributed by atoms with Crippen LogP contribution in [-0.4, -0.2) is 43.2 Å². The number of nitrogens with zero attached hydrogens (tertiary/aromatic N) is 1. The maximum atomic E-state index is 12.8. The van der Waals surface area contributed by atoms with E-state index in [0.717, 1.165) is 0 Å². The summed E-state index contributed by atoms with van der Waals surface area (Å²) in [5.74, 6) is 0.249. The number of carbonyl (C=O) groups is 3. The van der Waals surface area contributed by atoms with Crippen LogP contribution in [0.4, 0.5) is 5.69 Å². The molecule has 2 amide bonds. The Bertz CT molecular complexity index is 950. The SMILES string of the molecule is COc1ccc(Cl)cc1NC(=O)CN(C)C(=O)c1oc2c(c1C)C(=O)CCC2. The van der Waals surface area contributed by atoms with Gasteiger partial charge in [0.05, 0.1) is 24.9 Å². The molecule has 8 heteroatoms. The van der Waals surface area contributed by atoms with E-state index in [2.05, 4.69) is 5.32 Å². The van der Waals surface area contributed by atoms with Gasteiger partial charge in [-0.2, -0.15) is 0 Å². The third-order valence-electron chi connectivity index (χ3n) is 4.66. The third-order valence-corrected chi connectivity index (χ3v) is 4.90. The van der Waals surface area contributed by atoms with Gasteiger partial charge in [0.25, 0.3) is 5.91 Å². The molecule has 1 aliphatic carbocycles. The van der Waals surface area contributed by atoms with Gasteiger partial charge in [-0.25, -0.2) is 0 Å². The number of hydrogen-bond acceptors (Lipinski definition) is 5. The standard InChI is InChI=1S/C20H21ClN2O5/c1-11-18-14(24)5-4-6-16(18)28-19(11)20(26)23(2)10-17(25)22-13-9-12(21)7-8-15(13)27-3/h7-9H,4-6,10H2,1-3H3,(H,22,25). The fraction of sp³-hybridized carbons (Fsp3) is 0.350. The van der Waals surface area contributed by atoms with Crippen LogP contribution in [0.3, 0.4) is 0 Å². The number of benzene rings is 1. The predicted molar refractivity (Wildman–Crippen MR) is 104 cm³/mol. The summed E-state index contributed by atoms with van der Waals surface area (Å²) in [5.41, 5.74) is 1.46. The van der Waals surface area contributed by atoms with Crippen molar-refractivity contribution in [2.24, 2.45) is 0 Å². The summed E-state index contributed by atoms with van der Waals surface area (Å²) in [6, 6.07) is 4.85. The van der Waals surface area contributed by atoms with Crippen molar-refractivity contribution in [3.05, 3.63) is 45.9 Å². The lowest BCUT2D eigenvalue weighted by molar-refractivity contribution is -0.116. The molecule has 0 unspecified atom stereocenters. The Balaban J connectivity index is 1.72. The Morgan fingerprint density at radius 2 is 2.07 bits per heavy atom. The number of fused-ring (bicyclic) bond motifs is 1. The Kier molecular flexibility index (Phi) is 5.74. The molecule has 2 aromatic rings. The maximum Gasteiger partial charge on any atom is 0.290 e. The van der Waals surface area contributed by atoms with Gasteiger partial charge in [0.2, 0.25) is 5.91 Å². The molecule has 0 saturated heterocycles. The number of amides is 2. The van der Waals surface area contributed by atoms with Crippen LogP contribution in [0.5, 0.6) is 5.75 Å². The molecule has 0 bridgehead atoms. The monoisotopic (exact) mass is 404 g/mol. The number of aryl methyl sites for hydroxylation is 1. The number of hydrogen-bond donors (Lipinski definition) is 1. The zero-order chi connectivity index (χ0) is 20.4. The second-order valence-corrected chi connectivity index (χ2v) is 7.12. The average Bonchev–Trinajstić information content (AvgIpc) is 2.99. The lowest BCUT2D eigenvalue weighted by Crippen LogP contribution is -2.35. The molecule has 0 atom stereocenters. The fourth-order valence-corrected chi connectivity index (χ4v) is 3.45. The van der Waals surface area contributed by atoms with Crippen molar-refractivity contribution in [3.63, 3.8) is 0 Å². The third kappa shape index (κ3) is 3.89. The van der Waals surface area contributed by atoms with Crippen molar-refractivity contribution < 1.29 is 23.5 Å². The number of halogens is 1. The van der Waals surface area contributed by atoms with Crippen LogP contribution in [0.2, 0.25) is 5.02 Å². The second-order valence-electron chi connectivity index (χ2n) is 6.69. The van der Waals surface area contributed by atoms with Crippen LogP contribution in [0.1, 0.15) is 45.1 Å². The molecule has 1 heterocycles. The zero-order valence-corrected chi connectivity index (χ0v) is 16.7. The summed E-state index contributed by atoms with van der Waals surface area (Å²) in [6.07, 6.45) is 1.81. The summed E-state index contributed by atoms with van der Waals surface area (Å²) in [4.78, 5) is 38.5. The molecule has 7 nitrogen and oxygen atoms in total. The van der Waals surface area contributed by atoms with Gasteiger partial charge in [-0.3, -0.25) is 14.4 Å². The first-order chi connectivity index (χ1) is 13.3. The van der Waals surface area contributed by atoms with Crippen LogP contribution in [0.15, 0.2) is 22.6 Å². The fourth-order valence-electron chi connectivity index (χ4n) is 3.28. The van der Waals surface area contributed by atoms with Crippen LogP contribution < -0.4 is 10.1 Å². The number of ketones is 1. The predicted octanol–water partition coefficient (Wildman–Crippen LogP) is 3.48. The molecule has 148 valence electrons. The summed E-state index contributed by atoms with van der Waals surface area (Å²) in [5, 5.41) is 3.13. The van der Waals surface area contributed by atoms with Crippen molar-refractivity contribution >= 4 is 34.9 Å². The minimum atomic E-state index is -0.451. The van der Waals surface area contributed by atoms with Crippen LogP contribution >= 0.6 is 11.6 Å². The van der Waals surface area contributed by atoms with E-state index >= 15 is 0 Å². The van der Waals surface area contributed by atoms with Crippen molar-refractivity contribution in [2.75, 3.05) is 26.0 Å². The number of likely N-dealkylation sites (N-methyl/N-ethyl adjacent to an activating group) is 1. The number of furan rings is 1. The highest BCUT2D eigenvalue weighted by Crippen LogP contribution is 2.30. The molecule has 1 aliphatic rings. The zero-order valence-electron chi connectivity index (χ0n) is 15.9. The van der Waals surface area contributed by atoms with Crippen molar-refractivity contribution in [1.29, 1.82) is 0 Å². The molecule has 0 fully saturated rings. The van der Waals surface area contributed by atoms with Crippen LogP contribution in [0, 0.1) is 6.92 Å². The van der Waals surface area contributed by atoms with E-state index < -0.39 is 11.8 Å². The van der Waals surface area contributed by atoms with E-state index in [0.29, 0.717) is 52.6 Å². The van der Waals surface area contributed by atoms with Crippen molar-refractivity contribution in [2.45, 2.75) is 26.2 Å². The number of methoxy groups -OCH3 is 1. The molecule has 0 saturated carbocycles. The molecule has 0 spiro atoms. The Morgan fingerprint density at radius 1 is 1.32 bits per heavy atom. The van der Waals surface area contributed by atoms with Gasteiger partial charge in [-0.1, -0.05) is 11.6 Å². The van der Waals surface area contributed by atoms with Gasteiger partial charge in [0.15, 0.2) is 11.5 Å². The van der Waals surface area contributed by atoms with Gasteiger partial charge in [0.1, 0.15) is 11.5 Å². The minimum Gasteiger partial charge on any atom is -0.495 e. The quantitative estimate of drug-likeness (QED) is 0.824. The first-order valence-electron chi connectivity index (χ1n) is 8.86. The number of carbonyl (C=O) groups excluding carboxylic acids is 3. The number of rotatable bonds is 5. The Labute approximate surface area is 167 Å². The minimum absolute atomic E-state index is 0.00463. The van der Waals surface area contributed by atoms with Crippen molar-refractivity contribution in [3.8, 4) is 5.75 Å². The average molecular weight is 405 g/mol. The number of ether oxygens (including phenoxy) is 1. The summed E-state index contributed by atoms with van der Waals surface area (Å²) >= 11 is 5.96. The maximum absolute atomic E-state index is 12.8. The van der Waals surface area contributed by atoms with E-state index in [1.807, 2.05) is 0 Å². The first kappa shape index (κ1) is 19.9. The lowest BCUT2D eigenvalue weighted by Gasteiger charge is -2.17. The van der Waals surface area contributed by atoms with Crippen molar-refractivity contribution in [1.82, 2.24) is 4.90 Å². The summed E-state index contributed by atoms with van der Waals surface area (Å²) in [6.45, 7) is 1.50. The van der Waals surface area contributed by atoms with E-state index in [1.165, 1.54) is 19.1 Å². The topological polar surface area (TPSA) is 88.8 Å². The number of anilines is 1. The second kappa shape index (κ2) is 8.06. The van der Waals surface area contributed by atoms with Gasteiger partial charge < -0.3 is 19.4 Å². The first-order valence-corrected chi connectivity index (χ1v) is 9.24. The van der Waals surface area contributed by atoms with Crippen LogP contribution in [-0.2, 0) is 11.2 Å². The molecular weight excluding hydrogens is 384 g/mol.